The Morgan fingerprint density at radius 2 is 2.25 bits per heavy atom. The zero-order chi connectivity index (χ0) is 8.39. The van der Waals surface area contributed by atoms with Crippen LogP contribution in [0.25, 0.3) is 10.6 Å². The van der Waals surface area contributed by atoms with E-state index in [1.165, 1.54) is 17.7 Å². The van der Waals surface area contributed by atoms with Gasteiger partial charge in [0.05, 0.1) is 17.3 Å². The molecule has 5 heteroatoms. The van der Waals surface area contributed by atoms with Crippen LogP contribution in [0.5, 0.6) is 0 Å². The smallest absolute Gasteiger partial charge is 0.142 e. The lowest BCUT2D eigenvalue weighted by Gasteiger charge is -1.94. The quantitative estimate of drug-likeness (QED) is 0.712. The first-order valence-electron chi connectivity index (χ1n) is 3.35. The van der Waals surface area contributed by atoms with Crippen LogP contribution < -0.4 is 5.73 Å². The largest absolute Gasteiger partial charge is 0.382 e. The second-order valence-electron chi connectivity index (χ2n) is 2.21. The maximum atomic E-state index is 5.48. The second-order valence-corrected chi connectivity index (χ2v) is 3.04. The van der Waals surface area contributed by atoms with Crippen molar-refractivity contribution in [3.63, 3.8) is 0 Å². The molecule has 0 bridgehead atoms. The summed E-state index contributed by atoms with van der Waals surface area (Å²) in [6.45, 7) is 0. The highest BCUT2D eigenvalue weighted by molar-refractivity contribution is 7.09. The van der Waals surface area contributed by atoms with E-state index in [-0.39, 0.29) is 0 Å². The molecule has 2 aromatic heterocycles. The van der Waals surface area contributed by atoms with E-state index in [2.05, 4.69) is 14.3 Å². The average molecular weight is 178 g/mol. The standard InChI is InChI=1S/C7H6N4S/c8-7-4-9-3-5(11-7)6-1-2-10-12-6/h1-4H,(H2,8,11). The fourth-order valence-electron chi connectivity index (χ4n) is 0.848. The Labute approximate surface area is 73.3 Å². The number of anilines is 1. The molecule has 60 valence electrons. The molecule has 2 N–H and O–H groups in total. The summed E-state index contributed by atoms with van der Waals surface area (Å²) in [6, 6.07) is 1.88. The number of nitrogens with zero attached hydrogens (tertiary/aromatic N) is 3. The van der Waals surface area contributed by atoms with E-state index in [0.29, 0.717) is 5.82 Å². The van der Waals surface area contributed by atoms with Gasteiger partial charge in [-0.05, 0) is 17.6 Å². The van der Waals surface area contributed by atoms with Gasteiger partial charge in [0.25, 0.3) is 0 Å². The Bertz CT molecular complexity index is 371. The topological polar surface area (TPSA) is 64.7 Å². The van der Waals surface area contributed by atoms with E-state index in [1.54, 1.807) is 12.4 Å². The van der Waals surface area contributed by atoms with Crippen LogP contribution in [0, 0.1) is 0 Å². The van der Waals surface area contributed by atoms with Crippen LogP contribution in [-0.4, -0.2) is 14.3 Å². The van der Waals surface area contributed by atoms with Gasteiger partial charge in [0, 0.05) is 6.20 Å². The summed E-state index contributed by atoms with van der Waals surface area (Å²) in [6.07, 6.45) is 4.92. The monoisotopic (exact) mass is 178 g/mol. The van der Waals surface area contributed by atoms with Gasteiger partial charge in [0.1, 0.15) is 11.5 Å². The molecule has 0 radical (unpaired) electrons. The van der Waals surface area contributed by atoms with E-state index < -0.39 is 0 Å². The summed E-state index contributed by atoms with van der Waals surface area (Å²) in [4.78, 5) is 9.01. The van der Waals surface area contributed by atoms with Crippen molar-refractivity contribution in [2.75, 3.05) is 5.73 Å². The number of hydrogen-bond acceptors (Lipinski definition) is 5. The highest BCUT2D eigenvalue weighted by Gasteiger charge is 2.00. The first-order chi connectivity index (χ1) is 5.86. The molecule has 0 aliphatic carbocycles. The second kappa shape index (κ2) is 2.86. The first kappa shape index (κ1) is 7.17. The first-order valence-corrected chi connectivity index (χ1v) is 4.12. The Hall–Kier alpha value is -1.49. The van der Waals surface area contributed by atoms with Gasteiger partial charge in [0.2, 0.25) is 0 Å². The summed E-state index contributed by atoms with van der Waals surface area (Å²) in [5, 5.41) is 0. The van der Waals surface area contributed by atoms with Crippen molar-refractivity contribution in [1.29, 1.82) is 0 Å². The minimum Gasteiger partial charge on any atom is -0.382 e. The predicted molar refractivity (Wildman–Crippen MR) is 47.6 cm³/mol. The van der Waals surface area contributed by atoms with Crippen molar-refractivity contribution >= 4 is 17.4 Å². The molecule has 0 saturated carbocycles. The molecule has 0 atom stereocenters. The Morgan fingerprint density at radius 3 is 2.92 bits per heavy atom. The van der Waals surface area contributed by atoms with Crippen molar-refractivity contribution in [2.24, 2.45) is 0 Å². The van der Waals surface area contributed by atoms with E-state index in [9.17, 15) is 0 Å². The van der Waals surface area contributed by atoms with Crippen molar-refractivity contribution < 1.29 is 0 Å². The molecular weight excluding hydrogens is 172 g/mol. The lowest BCUT2D eigenvalue weighted by molar-refractivity contribution is 1.22. The van der Waals surface area contributed by atoms with Gasteiger partial charge in [-0.2, -0.15) is 0 Å². The molecule has 2 heterocycles. The van der Waals surface area contributed by atoms with Gasteiger partial charge >= 0.3 is 0 Å². The van der Waals surface area contributed by atoms with Crippen LogP contribution >= 0.6 is 11.5 Å². The van der Waals surface area contributed by atoms with Gasteiger partial charge in [-0.3, -0.25) is 4.98 Å². The fourth-order valence-corrected chi connectivity index (χ4v) is 1.40. The van der Waals surface area contributed by atoms with Crippen molar-refractivity contribution in [1.82, 2.24) is 14.3 Å². The molecule has 12 heavy (non-hydrogen) atoms. The third kappa shape index (κ3) is 1.26. The summed E-state index contributed by atoms with van der Waals surface area (Å²) < 4.78 is 3.96. The Kier molecular flexibility index (Phi) is 1.71. The molecule has 0 saturated heterocycles. The fraction of sp³-hybridized carbons (Fsp3) is 0. The van der Waals surface area contributed by atoms with Crippen LogP contribution in [0.3, 0.4) is 0 Å². The molecule has 2 rings (SSSR count). The predicted octanol–water partition coefficient (Wildman–Crippen LogP) is 1.18. The zero-order valence-electron chi connectivity index (χ0n) is 6.14. The normalized spacial score (nSPS) is 10.0. The summed E-state index contributed by atoms with van der Waals surface area (Å²) in [5.74, 6) is 0.431. The zero-order valence-corrected chi connectivity index (χ0v) is 6.95. The van der Waals surface area contributed by atoms with Gasteiger partial charge in [-0.1, -0.05) is 0 Å². The van der Waals surface area contributed by atoms with Crippen LogP contribution in [0.4, 0.5) is 5.82 Å². The van der Waals surface area contributed by atoms with Crippen LogP contribution in [0.2, 0.25) is 0 Å². The third-order valence-electron chi connectivity index (χ3n) is 1.34. The SMILES string of the molecule is Nc1cncc(-c2ccns2)n1. The summed E-state index contributed by atoms with van der Waals surface area (Å²) in [7, 11) is 0. The molecule has 0 aromatic carbocycles. The molecule has 0 unspecified atom stereocenters. The average Bonchev–Trinajstić information content (AvgIpc) is 2.56. The highest BCUT2D eigenvalue weighted by Crippen LogP contribution is 2.19. The minimum atomic E-state index is 0.431. The van der Waals surface area contributed by atoms with Gasteiger partial charge < -0.3 is 5.73 Å². The molecule has 2 aromatic rings. The van der Waals surface area contributed by atoms with Crippen LogP contribution in [0.15, 0.2) is 24.7 Å². The maximum absolute atomic E-state index is 5.48. The van der Waals surface area contributed by atoms with E-state index in [1.807, 2.05) is 6.07 Å². The summed E-state index contributed by atoms with van der Waals surface area (Å²) >= 11 is 1.38. The number of rotatable bonds is 1. The van der Waals surface area contributed by atoms with E-state index in [4.69, 9.17) is 5.73 Å². The van der Waals surface area contributed by atoms with Gasteiger partial charge in [0.15, 0.2) is 0 Å². The Balaban J connectivity index is 2.48. The van der Waals surface area contributed by atoms with Crippen LogP contribution in [-0.2, 0) is 0 Å². The van der Waals surface area contributed by atoms with E-state index >= 15 is 0 Å². The molecule has 0 aliphatic rings. The molecule has 0 spiro atoms. The number of aromatic nitrogens is 3. The van der Waals surface area contributed by atoms with Gasteiger partial charge in [-0.25, -0.2) is 9.36 Å². The third-order valence-corrected chi connectivity index (χ3v) is 2.11. The molecule has 0 aliphatic heterocycles. The van der Waals surface area contributed by atoms with E-state index in [0.717, 1.165) is 10.6 Å². The minimum absolute atomic E-state index is 0.431. The maximum Gasteiger partial charge on any atom is 0.142 e. The lowest BCUT2D eigenvalue weighted by Crippen LogP contribution is -1.92. The van der Waals surface area contributed by atoms with Crippen molar-refractivity contribution in [3.05, 3.63) is 24.7 Å². The molecule has 0 fully saturated rings. The lowest BCUT2D eigenvalue weighted by atomic mass is 10.4. The molecule has 4 nitrogen and oxygen atoms in total. The number of nitrogens with two attached hydrogens (primary N) is 1. The molecular formula is C7H6N4S. The van der Waals surface area contributed by atoms with Crippen LogP contribution in [0.1, 0.15) is 0 Å². The molecule has 0 amide bonds. The highest BCUT2D eigenvalue weighted by atomic mass is 32.1. The number of nitrogen functional groups attached to an aromatic ring is 1. The Morgan fingerprint density at radius 1 is 1.33 bits per heavy atom. The number of hydrogen-bond donors (Lipinski definition) is 1. The van der Waals surface area contributed by atoms with Crippen molar-refractivity contribution in [2.45, 2.75) is 0 Å². The van der Waals surface area contributed by atoms with Gasteiger partial charge in [-0.15, -0.1) is 0 Å². The van der Waals surface area contributed by atoms with Crippen molar-refractivity contribution in [3.8, 4) is 10.6 Å². The summed E-state index contributed by atoms with van der Waals surface area (Å²) in [5.41, 5.74) is 6.25.